The molecule has 0 saturated carbocycles. The minimum absolute atomic E-state index is 0.154. The van der Waals surface area contributed by atoms with Crippen LogP contribution in [-0.4, -0.2) is 58.9 Å². The van der Waals surface area contributed by atoms with E-state index in [2.05, 4.69) is 20.8 Å². The molecule has 234 valence electrons. The summed E-state index contributed by atoms with van der Waals surface area (Å²) in [7, 11) is -2.11. The summed E-state index contributed by atoms with van der Waals surface area (Å²) in [5, 5.41) is 30.6. The maximum Gasteiger partial charge on any atom is 0.870 e. The van der Waals surface area contributed by atoms with E-state index in [-0.39, 0.29) is 19.3 Å². The van der Waals surface area contributed by atoms with Crippen LogP contribution in [0.15, 0.2) is 0 Å². The summed E-state index contributed by atoms with van der Waals surface area (Å²) < 4.78 is 15.0. The smallest absolute Gasteiger partial charge is 0.460 e. The Labute approximate surface area is 242 Å². The first-order chi connectivity index (χ1) is 19.3. The zero-order chi connectivity index (χ0) is 30.0. The predicted octanol–water partition coefficient (Wildman–Crippen LogP) is 5.94. The molecule has 40 heavy (non-hydrogen) atoms. The fourth-order valence-corrected chi connectivity index (χ4v) is 4.30. The third-order valence-electron chi connectivity index (χ3n) is 6.95. The Balaban J connectivity index is 4.88. The quantitative estimate of drug-likeness (QED) is 0.0806. The van der Waals surface area contributed by atoms with E-state index in [1.807, 2.05) is 0 Å². The van der Waals surface area contributed by atoms with Crippen LogP contribution in [0.5, 0.6) is 0 Å². The molecule has 0 amide bonds. The van der Waals surface area contributed by atoms with E-state index >= 15 is 0 Å². The van der Waals surface area contributed by atoms with Gasteiger partial charge in [0.1, 0.15) is 18.3 Å². The van der Waals surface area contributed by atoms with Crippen molar-refractivity contribution in [1.29, 1.82) is 0 Å². The molecule has 0 aromatic rings. The number of carbonyl (C=O) groups is 3. The highest BCUT2D eigenvalue weighted by atomic mass is 16.8. The molecule has 3 atom stereocenters. The number of hydrogen-bond donors (Lipinski definition) is 3. The second-order valence-corrected chi connectivity index (χ2v) is 10.8. The molecule has 0 spiro atoms. The average molecular weight is 573 g/mol. The predicted molar refractivity (Wildman–Crippen MR) is 156 cm³/mol. The Morgan fingerprint density at radius 2 is 0.675 bits per heavy atom. The molecule has 0 aromatic heterocycles. The van der Waals surface area contributed by atoms with Gasteiger partial charge >= 0.3 is 25.2 Å². The molecular weight excluding hydrogens is 515 g/mol. The molecule has 0 radical (unpaired) electrons. The fourth-order valence-electron chi connectivity index (χ4n) is 4.30. The van der Waals surface area contributed by atoms with Gasteiger partial charge in [0.05, 0.1) is 0 Å². The summed E-state index contributed by atoms with van der Waals surface area (Å²) in [4.78, 5) is 37.3. The van der Waals surface area contributed by atoms with Gasteiger partial charge in [-0.05, 0) is 19.3 Å². The van der Waals surface area contributed by atoms with E-state index in [1.165, 1.54) is 0 Å². The van der Waals surface area contributed by atoms with Gasteiger partial charge in [0, 0.05) is 0 Å². The Bertz CT molecular complexity index is 561. The zero-order valence-corrected chi connectivity index (χ0v) is 25.4. The lowest BCUT2D eigenvalue weighted by Gasteiger charge is -2.18. The number of aliphatic hydroxyl groups excluding tert-OH is 3. The molecule has 0 bridgehead atoms. The van der Waals surface area contributed by atoms with Crippen molar-refractivity contribution in [1.82, 2.24) is 0 Å². The SMILES string of the molecule is CCCCCCCCC(O)C(=O)OB(OC(=O)C(O)CCCCCCCC)OC(=O)C(O)CCCCCCCC. The summed E-state index contributed by atoms with van der Waals surface area (Å²) in [6, 6.07) is 0. The minimum Gasteiger partial charge on any atom is -0.460 e. The lowest BCUT2D eigenvalue weighted by Crippen LogP contribution is -2.42. The van der Waals surface area contributed by atoms with Crippen molar-refractivity contribution in [3.63, 3.8) is 0 Å². The number of aliphatic hydroxyl groups is 3. The van der Waals surface area contributed by atoms with E-state index in [0.29, 0.717) is 19.3 Å². The fraction of sp³-hybridized carbons (Fsp3) is 0.900. The van der Waals surface area contributed by atoms with Crippen LogP contribution < -0.4 is 0 Å². The lowest BCUT2D eigenvalue weighted by atomic mass is 10.1. The standard InChI is InChI=1S/C30H57BO9/c1-4-7-10-13-16-19-22-25(32)28(35)38-31(39-29(36)26(33)23-20-17-14-11-8-5-2)40-30(37)27(34)24-21-18-15-12-9-6-3/h25-27,32-34H,4-24H2,1-3H3. The van der Waals surface area contributed by atoms with Crippen LogP contribution in [0.3, 0.4) is 0 Å². The molecule has 0 aromatic carbocycles. The van der Waals surface area contributed by atoms with Gasteiger partial charge in [-0.3, -0.25) is 14.4 Å². The van der Waals surface area contributed by atoms with Crippen molar-refractivity contribution in [2.45, 2.75) is 174 Å². The molecule has 0 aliphatic carbocycles. The molecule has 0 rings (SSSR count). The largest absolute Gasteiger partial charge is 0.870 e. The molecule has 9 nitrogen and oxygen atoms in total. The van der Waals surface area contributed by atoms with Crippen LogP contribution in [0.25, 0.3) is 0 Å². The summed E-state index contributed by atoms with van der Waals surface area (Å²) >= 11 is 0. The molecule has 3 N–H and O–H groups in total. The minimum atomic E-state index is -2.11. The van der Waals surface area contributed by atoms with E-state index in [4.69, 9.17) is 14.0 Å². The van der Waals surface area contributed by atoms with Crippen molar-refractivity contribution in [2.24, 2.45) is 0 Å². The van der Waals surface area contributed by atoms with E-state index in [0.717, 1.165) is 96.3 Å². The molecular formula is C30H57BO9. The second kappa shape index (κ2) is 26.3. The van der Waals surface area contributed by atoms with Crippen LogP contribution >= 0.6 is 0 Å². The Hall–Kier alpha value is -1.65. The summed E-state index contributed by atoms with van der Waals surface area (Å²) in [6.07, 6.45) is 13.5. The normalized spacial score (nSPS) is 13.3. The third kappa shape index (κ3) is 21.1. The summed E-state index contributed by atoms with van der Waals surface area (Å²) in [6.45, 7) is 6.37. The highest BCUT2D eigenvalue weighted by Crippen LogP contribution is 2.14. The number of hydrogen-bond acceptors (Lipinski definition) is 9. The van der Waals surface area contributed by atoms with Gasteiger partial charge in [0.2, 0.25) is 0 Å². The molecule has 0 aliphatic rings. The summed E-state index contributed by atoms with van der Waals surface area (Å²) in [5.74, 6) is -3.31. The first-order valence-corrected chi connectivity index (χ1v) is 15.9. The van der Waals surface area contributed by atoms with Crippen molar-refractivity contribution in [3.8, 4) is 0 Å². The van der Waals surface area contributed by atoms with E-state index in [1.54, 1.807) is 0 Å². The number of rotatable bonds is 27. The maximum absolute atomic E-state index is 12.4. The van der Waals surface area contributed by atoms with Crippen molar-refractivity contribution in [3.05, 3.63) is 0 Å². The van der Waals surface area contributed by atoms with Crippen LogP contribution in [0.4, 0.5) is 0 Å². The monoisotopic (exact) mass is 572 g/mol. The Morgan fingerprint density at radius 1 is 0.450 bits per heavy atom. The summed E-state index contributed by atoms with van der Waals surface area (Å²) in [5.41, 5.74) is 0. The molecule has 10 heteroatoms. The van der Waals surface area contributed by atoms with Gasteiger partial charge in [-0.1, -0.05) is 136 Å². The molecule has 3 unspecified atom stereocenters. The van der Waals surface area contributed by atoms with Crippen molar-refractivity contribution >= 4 is 25.2 Å². The topological polar surface area (TPSA) is 140 Å². The average Bonchev–Trinajstić information content (AvgIpc) is 2.93. The number of carbonyl (C=O) groups excluding carboxylic acids is 3. The van der Waals surface area contributed by atoms with Gasteiger partial charge in [0.25, 0.3) is 0 Å². The van der Waals surface area contributed by atoms with Crippen LogP contribution in [0.1, 0.15) is 156 Å². The zero-order valence-electron chi connectivity index (χ0n) is 25.4. The van der Waals surface area contributed by atoms with Gasteiger partial charge < -0.3 is 29.3 Å². The lowest BCUT2D eigenvalue weighted by molar-refractivity contribution is -0.159. The first-order valence-electron chi connectivity index (χ1n) is 15.9. The number of unbranched alkanes of at least 4 members (excludes halogenated alkanes) is 15. The van der Waals surface area contributed by atoms with Crippen LogP contribution in [-0.2, 0) is 28.3 Å². The van der Waals surface area contributed by atoms with E-state index in [9.17, 15) is 29.7 Å². The Morgan fingerprint density at radius 3 is 0.925 bits per heavy atom. The van der Waals surface area contributed by atoms with Gasteiger partial charge in [0.15, 0.2) is 0 Å². The van der Waals surface area contributed by atoms with Gasteiger partial charge in [-0.15, -0.1) is 0 Å². The second-order valence-electron chi connectivity index (χ2n) is 10.8. The van der Waals surface area contributed by atoms with Crippen LogP contribution in [0, 0.1) is 0 Å². The van der Waals surface area contributed by atoms with Gasteiger partial charge in [-0.2, -0.15) is 0 Å². The first kappa shape index (κ1) is 38.4. The van der Waals surface area contributed by atoms with Crippen molar-refractivity contribution < 1.29 is 43.7 Å². The highest BCUT2D eigenvalue weighted by Gasteiger charge is 2.40. The Kier molecular flexibility index (Phi) is 25.2. The highest BCUT2D eigenvalue weighted by molar-refractivity contribution is 6.44. The van der Waals surface area contributed by atoms with Crippen molar-refractivity contribution in [2.75, 3.05) is 0 Å². The molecule has 0 fully saturated rings. The van der Waals surface area contributed by atoms with Crippen LogP contribution in [0.2, 0.25) is 0 Å². The van der Waals surface area contributed by atoms with E-state index < -0.39 is 43.5 Å². The molecule has 0 heterocycles. The third-order valence-corrected chi connectivity index (χ3v) is 6.95. The van der Waals surface area contributed by atoms with Gasteiger partial charge in [-0.25, -0.2) is 0 Å². The molecule has 0 saturated heterocycles. The maximum atomic E-state index is 12.4. The molecule has 0 aliphatic heterocycles.